The number of hydrogen-bond donors (Lipinski definition) is 0. The van der Waals surface area contributed by atoms with Crippen molar-refractivity contribution in [3.05, 3.63) is 19.6 Å². The smallest absolute Gasteiger partial charge is 0.343 e. The molecule has 8 heavy (non-hydrogen) atoms. The maximum atomic E-state index is 3.73. The van der Waals surface area contributed by atoms with E-state index in [4.69, 9.17) is 0 Å². The Morgan fingerprint density at radius 1 is 1.75 bits per heavy atom. The van der Waals surface area contributed by atoms with E-state index in [9.17, 15) is 0 Å². The summed E-state index contributed by atoms with van der Waals surface area (Å²) in [5.41, 5.74) is 0. The van der Waals surface area contributed by atoms with E-state index in [0.717, 1.165) is 6.42 Å². The Morgan fingerprint density at radius 2 is 2.25 bits per heavy atom. The van der Waals surface area contributed by atoms with Crippen LogP contribution in [0.25, 0.3) is 0 Å². The molecule has 0 aromatic carbocycles. The van der Waals surface area contributed by atoms with Gasteiger partial charge in [-0.3, -0.25) is 0 Å². The predicted molar refractivity (Wildman–Crippen MR) is 34.0 cm³/mol. The normalized spacial score (nSPS) is 11.8. The Balaban J connectivity index is 0. The molecule has 1 atom stereocenters. The first-order valence-corrected chi connectivity index (χ1v) is 2.73. The van der Waals surface area contributed by atoms with Crippen LogP contribution in [0.4, 0.5) is 0 Å². The Labute approximate surface area is 64.5 Å². The van der Waals surface area contributed by atoms with Crippen molar-refractivity contribution in [1.29, 1.82) is 0 Å². The van der Waals surface area contributed by atoms with Crippen LogP contribution in [0.5, 0.6) is 0 Å². The molecule has 0 rings (SSSR count). The molecule has 0 aliphatic rings. The van der Waals surface area contributed by atoms with Gasteiger partial charge in [0.1, 0.15) is 0 Å². The SMILES string of the molecule is C=CC(C)CC[CH2-].[Li+]. The van der Waals surface area contributed by atoms with E-state index >= 15 is 0 Å². The van der Waals surface area contributed by atoms with Crippen LogP contribution >= 0.6 is 0 Å². The molecule has 0 aromatic rings. The molecule has 0 saturated carbocycles. The zero-order valence-corrected chi connectivity index (χ0v) is 5.98. The monoisotopic (exact) mass is 104 g/mol. The Kier molecular flexibility index (Phi) is 10.3. The first kappa shape index (κ1) is 11.2. The zero-order valence-electron chi connectivity index (χ0n) is 5.98. The average Bonchev–Trinajstić information content (AvgIpc) is 1.68. The van der Waals surface area contributed by atoms with Crippen molar-refractivity contribution < 1.29 is 18.9 Å². The molecule has 0 aromatic heterocycles. The van der Waals surface area contributed by atoms with Gasteiger partial charge in [0.15, 0.2) is 0 Å². The van der Waals surface area contributed by atoms with Crippen LogP contribution in [-0.4, -0.2) is 0 Å². The molecular formula is C7H13Li. The minimum atomic E-state index is 0. The minimum absolute atomic E-state index is 0. The maximum Gasteiger partial charge on any atom is 1.00 e. The van der Waals surface area contributed by atoms with Crippen LogP contribution in [-0.2, 0) is 0 Å². The molecule has 0 nitrogen and oxygen atoms in total. The van der Waals surface area contributed by atoms with Crippen LogP contribution in [0.15, 0.2) is 12.7 Å². The fraction of sp³-hybridized carbons (Fsp3) is 0.571. The van der Waals surface area contributed by atoms with E-state index in [1.165, 1.54) is 6.42 Å². The molecule has 0 spiro atoms. The maximum absolute atomic E-state index is 3.73. The minimum Gasteiger partial charge on any atom is -0.343 e. The van der Waals surface area contributed by atoms with Gasteiger partial charge in [-0.1, -0.05) is 19.4 Å². The summed E-state index contributed by atoms with van der Waals surface area (Å²) in [6.45, 7) is 9.53. The van der Waals surface area contributed by atoms with Gasteiger partial charge in [0, 0.05) is 0 Å². The van der Waals surface area contributed by atoms with E-state index in [-0.39, 0.29) is 18.9 Å². The van der Waals surface area contributed by atoms with Crippen molar-refractivity contribution in [2.24, 2.45) is 5.92 Å². The number of hydrogen-bond acceptors (Lipinski definition) is 0. The molecule has 0 radical (unpaired) electrons. The van der Waals surface area contributed by atoms with Crippen molar-refractivity contribution >= 4 is 0 Å². The third-order valence-corrected chi connectivity index (χ3v) is 1.06. The molecule has 1 unspecified atom stereocenters. The van der Waals surface area contributed by atoms with E-state index in [1.54, 1.807) is 0 Å². The van der Waals surface area contributed by atoms with Gasteiger partial charge in [-0.05, 0) is 5.92 Å². The molecule has 0 saturated heterocycles. The second kappa shape index (κ2) is 7.34. The van der Waals surface area contributed by atoms with Crippen LogP contribution in [0.3, 0.4) is 0 Å². The summed E-state index contributed by atoms with van der Waals surface area (Å²) >= 11 is 0. The van der Waals surface area contributed by atoms with Gasteiger partial charge >= 0.3 is 18.9 Å². The third-order valence-electron chi connectivity index (χ3n) is 1.06. The summed E-state index contributed by atoms with van der Waals surface area (Å²) < 4.78 is 0. The first-order chi connectivity index (χ1) is 3.31. The van der Waals surface area contributed by atoms with Gasteiger partial charge in [-0.15, -0.1) is 6.58 Å². The standard InChI is InChI=1S/C7H13.Li/c1-4-6-7(3)5-2;/h5,7H,1-2,4,6H2,3H3;/q-1;+1. The molecule has 0 fully saturated rings. The quantitative estimate of drug-likeness (QED) is 0.255. The Hall–Kier alpha value is 0.337. The molecule has 0 amide bonds. The van der Waals surface area contributed by atoms with Crippen molar-refractivity contribution in [2.45, 2.75) is 19.8 Å². The van der Waals surface area contributed by atoms with Gasteiger partial charge < -0.3 is 6.92 Å². The van der Waals surface area contributed by atoms with Crippen LogP contribution in [0.1, 0.15) is 19.8 Å². The Bertz CT molecular complexity index is 50.3. The Morgan fingerprint density at radius 3 is 2.38 bits per heavy atom. The van der Waals surface area contributed by atoms with E-state index < -0.39 is 0 Å². The molecule has 0 bridgehead atoms. The average molecular weight is 104 g/mol. The molecule has 42 valence electrons. The first-order valence-electron chi connectivity index (χ1n) is 2.73. The van der Waals surface area contributed by atoms with Crippen LogP contribution in [0, 0.1) is 12.8 Å². The molecule has 0 aliphatic carbocycles. The van der Waals surface area contributed by atoms with Gasteiger partial charge in [-0.2, -0.15) is 6.42 Å². The second-order valence-electron chi connectivity index (χ2n) is 1.86. The molecule has 1 heteroatoms. The van der Waals surface area contributed by atoms with E-state index in [2.05, 4.69) is 20.4 Å². The van der Waals surface area contributed by atoms with E-state index in [1.807, 2.05) is 6.08 Å². The molecular weight excluding hydrogens is 91.0 g/mol. The van der Waals surface area contributed by atoms with Crippen molar-refractivity contribution in [2.75, 3.05) is 0 Å². The third kappa shape index (κ3) is 6.34. The van der Waals surface area contributed by atoms with Gasteiger partial charge in [0.05, 0.1) is 0 Å². The fourth-order valence-corrected chi connectivity index (χ4v) is 0.440. The topological polar surface area (TPSA) is 0 Å². The zero-order chi connectivity index (χ0) is 5.70. The second-order valence-corrected chi connectivity index (χ2v) is 1.86. The summed E-state index contributed by atoms with van der Waals surface area (Å²) in [5, 5.41) is 0. The summed E-state index contributed by atoms with van der Waals surface area (Å²) in [4.78, 5) is 0. The molecule has 0 aliphatic heterocycles. The number of rotatable bonds is 3. The summed E-state index contributed by atoms with van der Waals surface area (Å²) in [7, 11) is 0. The molecule has 0 heterocycles. The molecule has 0 N–H and O–H groups in total. The largest absolute Gasteiger partial charge is 1.00 e. The summed E-state index contributed by atoms with van der Waals surface area (Å²) in [5.74, 6) is 0.650. The van der Waals surface area contributed by atoms with Gasteiger partial charge in [-0.25, -0.2) is 0 Å². The van der Waals surface area contributed by atoms with Crippen molar-refractivity contribution in [3.63, 3.8) is 0 Å². The van der Waals surface area contributed by atoms with Gasteiger partial charge in [0.2, 0.25) is 0 Å². The number of allylic oxidation sites excluding steroid dienone is 1. The van der Waals surface area contributed by atoms with Gasteiger partial charge in [0.25, 0.3) is 0 Å². The fourth-order valence-electron chi connectivity index (χ4n) is 0.440. The van der Waals surface area contributed by atoms with E-state index in [0.29, 0.717) is 5.92 Å². The van der Waals surface area contributed by atoms with Crippen LogP contribution in [0.2, 0.25) is 0 Å². The van der Waals surface area contributed by atoms with Crippen molar-refractivity contribution in [1.82, 2.24) is 0 Å². The predicted octanol–water partition coefficient (Wildman–Crippen LogP) is -0.573. The summed E-state index contributed by atoms with van der Waals surface area (Å²) in [6.07, 6.45) is 4.15. The summed E-state index contributed by atoms with van der Waals surface area (Å²) in [6, 6.07) is 0. The van der Waals surface area contributed by atoms with Crippen molar-refractivity contribution in [3.8, 4) is 0 Å². The van der Waals surface area contributed by atoms with Crippen LogP contribution < -0.4 is 18.9 Å².